The molecule has 1 aromatic rings. The summed E-state index contributed by atoms with van der Waals surface area (Å²) in [5.74, 6) is 0. The number of hydrogen-bond acceptors (Lipinski definition) is 1. The molecule has 0 amide bonds. The fraction of sp³-hybridized carbons (Fsp3) is 0.455. The van der Waals surface area contributed by atoms with Crippen molar-refractivity contribution in [1.82, 2.24) is 0 Å². The number of benzene rings is 1. The monoisotopic (exact) mass is 178 g/mol. The maximum absolute atomic E-state index is 13.4. The lowest BCUT2D eigenvalue weighted by Gasteiger charge is -2.32. The summed E-state index contributed by atoms with van der Waals surface area (Å²) in [6, 6.07) is 10.5. The number of anilines is 1. The molecule has 0 unspecified atom stereocenters. The second kappa shape index (κ2) is 3.77. The van der Waals surface area contributed by atoms with E-state index in [0.29, 0.717) is 6.42 Å². The molecular weight excluding hydrogens is 165 g/mol. The van der Waals surface area contributed by atoms with Gasteiger partial charge in [-0.2, -0.15) is 0 Å². The van der Waals surface area contributed by atoms with Crippen molar-refractivity contribution in [3.63, 3.8) is 0 Å². The van der Waals surface area contributed by atoms with Crippen LogP contribution in [0.25, 0.3) is 0 Å². The van der Waals surface area contributed by atoms with Gasteiger partial charge in [0.25, 0.3) is 0 Å². The molecule has 1 saturated heterocycles. The predicted molar refractivity (Wildman–Crippen MR) is 51.4 cm³/mol. The first kappa shape index (κ1) is 8.54. The molecule has 1 radical (unpaired) electrons. The van der Waals surface area contributed by atoms with E-state index in [-0.39, 0.29) is 0 Å². The minimum absolute atomic E-state index is 0.662. The molecule has 1 fully saturated rings. The second-order valence-corrected chi connectivity index (χ2v) is 3.39. The summed E-state index contributed by atoms with van der Waals surface area (Å²) in [4.78, 5) is 1.82. The summed E-state index contributed by atoms with van der Waals surface area (Å²) in [6.07, 6.45) is 1.96. The lowest BCUT2D eigenvalue weighted by Crippen LogP contribution is -2.36. The van der Waals surface area contributed by atoms with E-state index in [1.54, 1.807) is 0 Å². The van der Waals surface area contributed by atoms with Crippen LogP contribution in [0.5, 0.6) is 0 Å². The van der Waals surface area contributed by atoms with Gasteiger partial charge in [-0.05, 0) is 37.5 Å². The molecule has 0 saturated carbocycles. The fourth-order valence-electron chi connectivity index (χ4n) is 1.74. The Balaban J connectivity index is 2.15. The van der Waals surface area contributed by atoms with Crippen molar-refractivity contribution in [2.24, 2.45) is 0 Å². The highest BCUT2D eigenvalue weighted by Gasteiger charge is 2.21. The van der Waals surface area contributed by atoms with Crippen molar-refractivity contribution >= 4 is 5.69 Å². The third-order valence-electron chi connectivity index (χ3n) is 2.45. The number of rotatable bonds is 1. The molecule has 1 aliphatic rings. The standard InChI is InChI=1S/C11H13FN/c12-11-8-4-5-9-13(11)10-6-2-1-3-7-10/h1-2,6-7,11H,4-5,8-9H2/t11-/m1/s1. The van der Waals surface area contributed by atoms with Gasteiger partial charge in [0.15, 0.2) is 6.30 Å². The van der Waals surface area contributed by atoms with Crippen LogP contribution in [0, 0.1) is 6.07 Å². The van der Waals surface area contributed by atoms with E-state index in [9.17, 15) is 4.39 Å². The molecule has 1 aromatic carbocycles. The number of alkyl halides is 1. The summed E-state index contributed by atoms with van der Waals surface area (Å²) >= 11 is 0. The van der Waals surface area contributed by atoms with Crippen molar-refractivity contribution in [1.29, 1.82) is 0 Å². The number of piperidine rings is 1. The van der Waals surface area contributed by atoms with E-state index in [0.717, 1.165) is 25.1 Å². The van der Waals surface area contributed by atoms with E-state index in [1.807, 2.05) is 29.2 Å². The van der Waals surface area contributed by atoms with Crippen LogP contribution in [0.4, 0.5) is 10.1 Å². The molecule has 2 rings (SSSR count). The molecule has 0 spiro atoms. The fourth-order valence-corrected chi connectivity index (χ4v) is 1.74. The summed E-state index contributed by atoms with van der Waals surface area (Å²) in [6.45, 7) is 0.832. The summed E-state index contributed by atoms with van der Waals surface area (Å²) in [5.41, 5.74) is 0.953. The minimum Gasteiger partial charge on any atom is -0.342 e. The van der Waals surface area contributed by atoms with Gasteiger partial charge in [-0.1, -0.05) is 12.1 Å². The van der Waals surface area contributed by atoms with Crippen LogP contribution in [0.2, 0.25) is 0 Å². The lowest BCUT2D eigenvalue weighted by molar-refractivity contribution is 0.266. The number of hydrogen-bond donors (Lipinski definition) is 0. The Hall–Kier alpha value is -1.05. The van der Waals surface area contributed by atoms with E-state index in [4.69, 9.17) is 0 Å². The van der Waals surface area contributed by atoms with Crippen molar-refractivity contribution in [3.05, 3.63) is 30.3 Å². The van der Waals surface area contributed by atoms with Crippen LogP contribution >= 0.6 is 0 Å². The zero-order valence-electron chi connectivity index (χ0n) is 7.54. The van der Waals surface area contributed by atoms with Crippen LogP contribution < -0.4 is 4.90 Å². The Morgan fingerprint density at radius 1 is 1.46 bits per heavy atom. The smallest absolute Gasteiger partial charge is 0.172 e. The molecule has 0 aromatic heterocycles. The summed E-state index contributed by atoms with van der Waals surface area (Å²) in [5, 5.41) is 0. The Kier molecular flexibility index (Phi) is 2.48. The maximum Gasteiger partial charge on any atom is 0.172 e. The van der Waals surface area contributed by atoms with Crippen molar-refractivity contribution in [2.45, 2.75) is 25.6 Å². The molecule has 1 atom stereocenters. The van der Waals surface area contributed by atoms with E-state index >= 15 is 0 Å². The molecular formula is C11H13FN. The van der Waals surface area contributed by atoms with Gasteiger partial charge in [0.1, 0.15) is 0 Å². The van der Waals surface area contributed by atoms with E-state index in [1.165, 1.54) is 0 Å². The molecule has 0 bridgehead atoms. The molecule has 2 heteroatoms. The Morgan fingerprint density at radius 3 is 3.08 bits per heavy atom. The molecule has 0 N–H and O–H groups in total. The van der Waals surface area contributed by atoms with Gasteiger partial charge in [0.05, 0.1) is 0 Å². The zero-order valence-corrected chi connectivity index (χ0v) is 7.54. The van der Waals surface area contributed by atoms with Gasteiger partial charge >= 0.3 is 0 Å². The summed E-state index contributed by atoms with van der Waals surface area (Å²) < 4.78 is 13.4. The second-order valence-electron chi connectivity index (χ2n) is 3.39. The average Bonchev–Trinajstić information content (AvgIpc) is 2.20. The normalized spacial score (nSPS) is 23.2. The molecule has 1 nitrogen and oxygen atoms in total. The highest BCUT2D eigenvalue weighted by atomic mass is 19.1. The predicted octanol–water partition coefficient (Wildman–Crippen LogP) is 2.77. The van der Waals surface area contributed by atoms with E-state index in [2.05, 4.69) is 6.07 Å². The van der Waals surface area contributed by atoms with Crippen LogP contribution in [0.1, 0.15) is 19.3 Å². The lowest BCUT2D eigenvalue weighted by atomic mass is 10.1. The van der Waals surface area contributed by atoms with Gasteiger partial charge in [0.2, 0.25) is 0 Å². The van der Waals surface area contributed by atoms with Crippen molar-refractivity contribution in [2.75, 3.05) is 11.4 Å². The van der Waals surface area contributed by atoms with Gasteiger partial charge in [-0.15, -0.1) is 0 Å². The Labute approximate surface area is 78.2 Å². The van der Waals surface area contributed by atoms with Crippen molar-refractivity contribution in [3.8, 4) is 0 Å². The highest BCUT2D eigenvalue weighted by molar-refractivity contribution is 5.46. The largest absolute Gasteiger partial charge is 0.342 e. The van der Waals surface area contributed by atoms with Crippen molar-refractivity contribution < 1.29 is 4.39 Å². The average molecular weight is 178 g/mol. The first-order valence-corrected chi connectivity index (χ1v) is 4.75. The third-order valence-corrected chi connectivity index (χ3v) is 2.45. The molecule has 13 heavy (non-hydrogen) atoms. The Morgan fingerprint density at radius 2 is 2.38 bits per heavy atom. The van der Waals surface area contributed by atoms with E-state index < -0.39 is 6.30 Å². The first-order valence-electron chi connectivity index (χ1n) is 4.75. The third kappa shape index (κ3) is 1.82. The molecule has 1 aliphatic heterocycles. The number of halogens is 1. The quantitative estimate of drug-likeness (QED) is 0.598. The van der Waals surface area contributed by atoms with Crippen LogP contribution in [-0.2, 0) is 0 Å². The van der Waals surface area contributed by atoms with Gasteiger partial charge in [0, 0.05) is 12.2 Å². The van der Waals surface area contributed by atoms with Gasteiger partial charge in [-0.25, -0.2) is 4.39 Å². The topological polar surface area (TPSA) is 3.24 Å². The molecule has 69 valence electrons. The number of nitrogens with zero attached hydrogens (tertiary/aromatic N) is 1. The van der Waals surface area contributed by atoms with Crippen LogP contribution in [-0.4, -0.2) is 12.8 Å². The van der Waals surface area contributed by atoms with Gasteiger partial charge in [-0.3, -0.25) is 0 Å². The maximum atomic E-state index is 13.4. The first-order chi connectivity index (χ1) is 6.38. The Bertz CT molecular complexity index is 260. The highest BCUT2D eigenvalue weighted by Crippen LogP contribution is 2.24. The molecule has 1 heterocycles. The summed E-state index contributed by atoms with van der Waals surface area (Å²) in [7, 11) is 0. The van der Waals surface area contributed by atoms with Crippen LogP contribution in [0.3, 0.4) is 0 Å². The SMILES string of the molecule is F[C@H]1CCCCN1c1c[c]ccc1. The van der Waals surface area contributed by atoms with Gasteiger partial charge < -0.3 is 4.90 Å². The van der Waals surface area contributed by atoms with Crippen LogP contribution in [0.15, 0.2) is 24.3 Å². The minimum atomic E-state index is -0.801. The zero-order chi connectivity index (χ0) is 9.10. The molecule has 0 aliphatic carbocycles.